The fourth-order valence-electron chi connectivity index (χ4n) is 2.62. The van der Waals surface area contributed by atoms with Crippen molar-refractivity contribution in [3.05, 3.63) is 29.3 Å². The van der Waals surface area contributed by atoms with Crippen LogP contribution in [-0.2, 0) is 21.4 Å². The Labute approximate surface area is 126 Å². The molecule has 0 spiro atoms. The van der Waals surface area contributed by atoms with Gasteiger partial charge in [-0.25, -0.2) is 8.42 Å². The van der Waals surface area contributed by atoms with Crippen LogP contribution in [0.3, 0.4) is 0 Å². The number of piperidine rings is 1. The summed E-state index contributed by atoms with van der Waals surface area (Å²) >= 11 is 0. The van der Waals surface area contributed by atoms with Crippen LogP contribution >= 0.6 is 0 Å². The normalized spacial score (nSPS) is 20.6. The number of aliphatic hydroxyl groups is 1. The lowest BCUT2D eigenvalue weighted by Gasteiger charge is -2.31. The highest BCUT2D eigenvalue weighted by Crippen LogP contribution is 2.24. The molecule has 1 aromatic rings. The number of hydrogen-bond donors (Lipinski definition) is 1. The Bertz CT molecular complexity index is 583. The molecular weight excluding hydrogens is 290 g/mol. The Morgan fingerprint density at radius 1 is 1.43 bits per heavy atom. The number of rotatable bonds is 5. The predicted molar refractivity (Wildman–Crippen MR) is 80.5 cm³/mol. The minimum absolute atomic E-state index is 0.0266. The lowest BCUT2D eigenvalue weighted by atomic mass is 10.1. The van der Waals surface area contributed by atoms with Crippen molar-refractivity contribution in [2.45, 2.75) is 44.3 Å². The average molecular weight is 313 g/mol. The number of aryl methyl sites for hydroxylation is 1. The fourth-order valence-corrected chi connectivity index (χ4v) is 4.18. The second-order valence-corrected chi connectivity index (χ2v) is 7.27. The minimum Gasteiger partial charge on any atom is -0.392 e. The maximum atomic E-state index is 12.7. The fraction of sp³-hybridized carbons (Fsp3) is 0.600. The zero-order chi connectivity index (χ0) is 15.5. The second-order valence-electron chi connectivity index (χ2n) is 5.33. The molecule has 1 fully saturated rings. The van der Waals surface area contributed by atoms with E-state index in [0.717, 1.165) is 18.4 Å². The topological polar surface area (TPSA) is 66.8 Å². The van der Waals surface area contributed by atoms with Crippen LogP contribution in [0.1, 0.15) is 30.9 Å². The molecule has 0 radical (unpaired) electrons. The summed E-state index contributed by atoms with van der Waals surface area (Å²) in [4.78, 5) is 0.245. The van der Waals surface area contributed by atoms with Gasteiger partial charge < -0.3 is 9.84 Å². The first-order chi connectivity index (χ1) is 9.98. The Morgan fingerprint density at radius 3 is 2.86 bits per heavy atom. The van der Waals surface area contributed by atoms with Crippen LogP contribution in [0.5, 0.6) is 0 Å². The van der Waals surface area contributed by atoms with Crippen molar-refractivity contribution >= 4 is 10.0 Å². The van der Waals surface area contributed by atoms with E-state index in [-0.39, 0.29) is 17.6 Å². The molecule has 1 aromatic carbocycles. The van der Waals surface area contributed by atoms with E-state index in [4.69, 9.17) is 4.74 Å². The maximum absolute atomic E-state index is 12.7. The predicted octanol–water partition coefficient (Wildman–Crippen LogP) is 1.68. The first kappa shape index (κ1) is 16.4. The van der Waals surface area contributed by atoms with E-state index in [2.05, 4.69) is 0 Å². The molecule has 118 valence electrons. The Balaban J connectivity index is 2.25. The minimum atomic E-state index is -3.52. The molecule has 1 N–H and O–H groups in total. The average Bonchev–Trinajstić information content (AvgIpc) is 2.48. The molecular formula is C15H23NO4S. The van der Waals surface area contributed by atoms with Crippen molar-refractivity contribution in [1.82, 2.24) is 4.31 Å². The van der Waals surface area contributed by atoms with Crippen LogP contribution in [0.2, 0.25) is 0 Å². The van der Waals surface area contributed by atoms with Gasteiger partial charge in [0.2, 0.25) is 10.0 Å². The van der Waals surface area contributed by atoms with Gasteiger partial charge in [-0.1, -0.05) is 6.07 Å². The summed E-state index contributed by atoms with van der Waals surface area (Å²) in [6, 6.07) is 4.91. The van der Waals surface area contributed by atoms with Crippen LogP contribution in [0.4, 0.5) is 0 Å². The monoisotopic (exact) mass is 313 g/mol. The van der Waals surface area contributed by atoms with Gasteiger partial charge in [0.25, 0.3) is 0 Å². The zero-order valence-electron chi connectivity index (χ0n) is 12.6. The standard InChI is InChI=1S/C15H23NO4S/c1-3-20-14-5-4-8-16(10-14)21(18,19)15-7-6-12(2)13(9-15)11-17/h6-7,9,14,17H,3-5,8,10-11H2,1-2H3. The van der Waals surface area contributed by atoms with E-state index in [9.17, 15) is 13.5 Å². The molecule has 0 amide bonds. The largest absolute Gasteiger partial charge is 0.392 e. The van der Waals surface area contributed by atoms with E-state index < -0.39 is 10.0 Å². The molecule has 0 saturated carbocycles. The van der Waals surface area contributed by atoms with Gasteiger partial charge in [0.1, 0.15) is 0 Å². The SMILES string of the molecule is CCOC1CCCN(S(=O)(=O)c2ccc(C)c(CO)c2)C1. The van der Waals surface area contributed by atoms with Crippen molar-refractivity contribution < 1.29 is 18.3 Å². The van der Waals surface area contributed by atoms with Gasteiger partial charge in [-0.15, -0.1) is 0 Å². The molecule has 6 heteroatoms. The van der Waals surface area contributed by atoms with Crippen LogP contribution in [0, 0.1) is 6.92 Å². The summed E-state index contributed by atoms with van der Waals surface area (Å²) in [5.74, 6) is 0. The summed E-state index contributed by atoms with van der Waals surface area (Å²) < 4.78 is 32.5. The van der Waals surface area contributed by atoms with Gasteiger partial charge in [-0.3, -0.25) is 0 Å². The van der Waals surface area contributed by atoms with Gasteiger partial charge in [-0.2, -0.15) is 4.31 Å². The highest BCUT2D eigenvalue weighted by molar-refractivity contribution is 7.89. The third kappa shape index (κ3) is 3.63. The molecule has 0 bridgehead atoms. The lowest BCUT2D eigenvalue weighted by molar-refractivity contribution is 0.0265. The molecule has 21 heavy (non-hydrogen) atoms. The zero-order valence-corrected chi connectivity index (χ0v) is 13.4. The third-order valence-corrected chi connectivity index (χ3v) is 5.73. The molecule has 1 aliphatic heterocycles. The highest BCUT2D eigenvalue weighted by Gasteiger charge is 2.30. The van der Waals surface area contributed by atoms with E-state index >= 15 is 0 Å². The number of aliphatic hydroxyl groups excluding tert-OH is 1. The Hall–Kier alpha value is -0.950. The van der Waals surface area contributed by atoms with Gasteiger partial charge in [0.05, 0.1) is 17.6 Å². The van der Waals surface area contributed by atoms with E-state index in [1.807, 2.05) is 13.8 Å². The first-order valence-electron chi connectivity index (χ1n) is 7.31. The molecule has 0 aliphatic carbocycles. The molecule has 1 heterocycles. The van der Waals surface area contributed by atoms with Gasteiger partial charge in [-0.05, 0) is 49.9 Å². The summed E-state index contributed by atoms with van der Waals surface area (Å²) in [6.07, 6.45) is 1.68. The number of benzene rings is 1. The van der Waals surface area contributed by atoms with Gasteiger partial charge in [0.15, 0.2) is 0 Å². The summed E-state index contributed by atoms with van der Waals surface area (Å²) in [5.41, 5.74) is 1.54. The van der Waals surface area contributed by atoms with Crippen LogP contribution < -0.4 is 0 Å². The smallest absolute Gasteiger partial charge is 0.243 e. The van der Waals surface area contributed by atoms with Crippen molar-refractivity contribution in [3.8, 4) is 0 Å². The third-order valence-electron chi connectivity index (χ3n) is 3.87. The van der Waals surface area contributed by atoms with E-state index in [1.165, 1.54) is 4.31 Å². The quantitative estimate of drug-likeness (QED) is 0.898. The number of ether oxygens (including phenoxy) is 1. The molecule has 1 aliphatic rings. The molecule has 1 saturated heterocycles. The number of nitrogens with zero attached hydrogens (tertiary/aromatic N) is 1. The molecule has 1 unspecified atom stereocenters. The van der Waals surface area contributed by atoms with Crippen LogP contribution in [0.25, 0.3) is 0 Å². The second kappa shape index (κ2) is 6.87. The van der Waals surface area contributed by atoms with Crippen LogP contribution in [-0.4, -0.2) is 43.6 Å². The van der Waals surface area contributed by atoms with Crippen molar-refractivity contribution in [2.24, 2.45) is 0 Å². The Kier molecular flexibility index (Phi) is 5.37. The van der Waals surface area contributed by atoms with Gasteiger partial charge >= 0.3 is 0 Å². The van der Waals surface area contributed by atoms with E-state index in [1.54, 1.807) is 18.2 Å². The van der Waals surface area contributed by atoms with Gasteiger partial charge in [0, 0.05) is 19.7 Å². The first-order valence-corrected chi connectivity index (χ1v) is 8.75. The number of hydrogen-bond acceptors (Lipinski definition) is 4. The van der Waals surface area contributed by atoms with Crippen LogP contribution in [0.15, 0.2) is 23.1 Å². The maximum Gasteiger partial charge on any atom is 0.243 e. The lowest BCUT2D eigenvalue weighted by Crippen LogP contribution is -2.43. The van der Waals surface area contributed by atoms with Crippen molar-refractivity contribution in [3.63, 3.8) is 0 Å². The summed E-state index contributed by atoms with van der Waals surface area (Å²) in [6.45, 7) is 5.14. The van der Waals surface area contributed by atoms with Crippen molar-refractivity contribution in [2.75, 3.05) is 19.7 Å². The highest BCUT2D eigenvalue weighted by atomic mass is 32.2. The molecule has 5 nitrogen and oxygen atoms in total. The summed E-state index contributed by atoms with van der Waals surface area (Å²) in [5, 5.41) is 9.30. The Morgan fingerprint density at radius 2 is 2.19 bits per heavy atom. The molecule has 2 rings (SSSR count). The molecule has 0 aromatic heterocycles. The van der Waals surface area contributed by atoms with Crippen molar-refractivity contribution in [1.29, 1.82) is 0 Å². The van der Waals surface area contributed by atoms with E-state index in [0.29, 0.717) is 25.3 Å². The summed E-state index contributed by atoms with van der Waals surface area (Å²) in [7, 11) is -3.52. The number of sulfonamides is 1. The molecule has 1 atom stereocenters.